The molecule has 0 atom stereocenters. The third-order valence-corrected chi connectivity index (χ3v) is 4.33. The third kappa shape index (κ3) is 6.10. The molecule has 2 N–H and O–H groups in total. The van der Waals surface area contributed by atoms with Crippen LogP contribution in [-0.4, -0.2) is 44.4 Å². The van der Waals surface area contributed by atoms with Gasteiger partial charge in [0.25, 0.3) is 5.91 Å². The van der Waals surface area contributed by atoms with Gasteiger partial charge < -0.3 is 14.2 Å². The van der Waals surface area contributed by atoms with E-state index in [9.17, 15) is 27.2 Å². The zero-order valence-electron chi connectivity index (χ0n) is 17.6. The lowest BCUT2D eigenvalue weighted by Crippen LogP contribution is -2.20. The minimum atomic E-state index is -5.06. The van der Waals surface area contributed by atoms with Crippen molar-refractivity contribution in [2.24, 2.45) is 0 Å². The van der Waals surface area contributed by atoms with Crippen LogP contribution in [0.5, 0.6) is 17.2 Å². The summed E-state index contributed by atoms with van der Waals surface area (Å²) in [4.78, 5) is 23.9. The Morgan fingerprint density at radius 1 is 1.00 bits per heavy atom. The number of carbonyl (C=O) groups is 2. The number of benzene rings is 2. The van der Waals surface area contributed by atoms with Crippen LogP contribution in [0.4, 0.5) is 17.6 Å². The molecule has 0 aromatic heterocycles. The highest BCUT2D eigenvalue weighted by Crippen LogP contribution is 2.40. The van der Waals surface area contributed by atoms with Crippen LogP contribution in [-0.2, 0) is 4.79 Å². The van der Waals surface area contributed by atoms with Crippen LogP contribution in [0.1, 0.15) is 21.5 Å². The molecule has 0 radical (unpaired) electrons. The van der Waals surface area contributed by atoms with E-state index in [4.69, 9.17) is 19.4 Å². The number of amides is 1. The molecule has 33 heavy (non-hydrogen) atoms. The Kier molecular flexibility index (Phi) is 8.19. The molecule has 0 saturated heterocycles. The van der Waals surface area contributed by atoms with Crippen LogP contribution in [0.15, 0.2) is 42.0 Å². The van der Waals surface area contributed by atoms with Gasteiger partial charge in [-0.05, 0) is 42.0 Å². The number of ketones is 1. The molecule has 0 heterocycles. The van der Waals surface area contributed by atoms with Crippen molar-refractivity contribution < 1.29 is 46.6 Å². The van der Waals surface area contributed by atoms with Crippen LogP contribution in [0.25, 0.3) is 12.2 Å². The van der Waals surface area contributed by atoms with Gasteiger partial charge >= 0.3 is 6.18 Å². The minimum Gasteiger partial charge on any atom is -0.493 e. The van der Waals surface area contributed by atoms with Gasteiger partial charge in [0.15, 0.2) is 17.3 Å². The molecule has 0 spiro atoms. The lowest BCUT2D eigenvalue weighted by Gasteiger charge is -2.16. The number of methoxy groups -OCH3 is 3. The van der Waals surface area contributed by atoms with E-state index >= 15 is 0 Å². The second-order valence-electron chi connectivity index (χ2n) is 6.39. The second kappa shape index (κ2) is 10.6. The molecular formula is C22H19F4NO6. The van der Waals surface area contributed by atoms with Gasteiger partial charge in [0.2, 0.25) is 5.75 Å². The Morgan fingerprint density at radius 2 is 1.61 bits per heavy atom. The number of carbonyl (C=O) groups excluding carboxylic acids is 2. The summed E-state index contributed by atoms with van der Waals surface area (Å²) >= 11 is 0. The van der Waals surface area contributed by atoms with E-state index in [1.807, 2.05) is 0 Å². The molecule has 176 valence electrons. The number of hydrogen-bond donors (Lipinski definition) is 2. The molecule has 11 heteroatoms. The summed E-state index contributed by atoms with van der Waals surface area (Å²) in [7, 11) is 3.79. The van der Waals surface area contributed by atoms with Crippen molar-refractivity contribution in [2.45, 2.75) is 6.18 Å². The second-order valence-corrected chi connectivity index (χ2v) is 6.39. The van der Waals surface area contributed by atoms with Gasteiger partial charge in [-0.2, -0.15) is 13.2 Å². The quantitative estimate of drug-likeness (QED) is 0.198. The number of allylic oxidation sites excluding steroid dienone is 1. The molecule has 2 aromatic rings. The summed E-state index contributed by atoms with van der Waals surface area (Å²) in [5, 5.41) is 8.48. The van der Waals surface area contributed by atoms with Gasteiger partial charge in [-0.15, -0.1) is 0 Å². The first-order valence-electron chi connectivity index (χ1n) is 9.11. The molecule has 0 bridgehead atoms. The van der Waals surface area contributed by atoms with Crippen molar-refractivity contribution in [3.8, 4) is 17.2 Å². The van der Waals surface area contributed by atoms with Crippen LogP contribution in [0.3, 0.4) is 0 Å². The molecule has 2 rings (SSSR count). The first-order valence-corrected chi connectivity index (χ1v) is 9.11. The number of rotatable bonds is 8. The molecule has 1 amide bonds. The van der Waals surface area contributed by atoms with Crippen molar-refractivity contribution in [1.29, 1.82) is 0 Å². The number of nitrogens with one attached hydrogen (secondary N) is 1. The fourth-order valence-electron chi connectivity index (χ4n) is 2.79. The van der Waals surface area contributed by atoms with Crippen molar-refractivity contribution >= 4 is 23.8 Å². The largest absolute Gasteiger partial charge is 0.493 e. The minimum absolute atomic E-state index is 0.0157. The average Bonchev–Trinajstić information content (AvgIpc) is 2.79. The van der Waals surface area contributed by atoms with Gasteiger partial charge in [-0.25, -0.2) is 9.87 Å². The molecule has 0 aliphatic carbocycles. The molecular weight excluding hydrogens is 450 g/mol. The molecule has 7 nitrogen and oxygen atoms in total. The number of alkyl halides is 3. The van der Waals surface area contributed by atoms with Gasteiger partial charge in [-0.3, -0.25) is 14.8 Å². The summed E-state index contributed by atoms with van der Waals surface area (Å²) in [6.45, 7) is 0. The predicted molar refractivity (Wildman–Crippen MR) is 110 cm³/mol. The van der Waals surface area contributed by atoms with Crippen molar-refractivity contribution in [3.05, 3.63) is 64.5 Å². The average molecular weight is 469 g/mol. The van der Waals surface area contributed by atoms with E-state index in [1.165, 1.54) is 26.8 Å². The van der Waals surface area contributed by atoms with Crippen LogP contribution in [0.2, 0.25) is 0 Å². The standard InChI is InChI=1S/C22H19F4NO6/c1-31-17-10-14(11-18(32-2)21(17)33-3)20(29)15(22(24,25)26)9-12-4-6-16(23)13(8-12)5-7-19(28)27-30/h4-11,30H,1-3H3,(H,27,28)/b7-5+,15-9-. The van der Waals surface area contributed by atoms with E-state index < -0.39 is 29.3 Å². The molecule has 2 aromatic carbocycles. The first kappa shape index (κ1) is 25.4. The van der Waals surface area contributed by atoms with Gasteiger partial charge in [0.05, 0.1) is 21.3 Å². The first-order chi connectivity index (χ1) is 15.5. The maximum Gasteiger partial charge on any atom is 0.420 e. The zero-order valence-corrected chi connectivity index (χ0v) is 17.6. The number of hydroxylamine groups is 1. The van der Waals surface area contributed by atoms with Gasteiger partial charge in [-0.1, -0.05) is 6.07 Å². The van der Waals surface area contributed by atoms with E-state index in [2.05, 4.69) is 0 Å². The lowest BCUT2D eigenvalue weighted by atomic mass is 9.98. The van der Waals surface area contributed by atoms with Gasteiger partial charge in [0, 0.05) is 17.2 Å². The van der Waals surface area contributed by atoms with Crippen molar-refractivity contribution in [2.75, 3.05) is 21.3 Å². The maximum absolute atomic E-state index is 14.0. The Balaban J connectivity index is 2.59. The number of ether oxygens (including phenoxy) is 3. The Morgan fingerprint density at radius 3 is 2.09 bits per heavy atom. The van der Waals surface area contributed by atoms with Gasteiger partial charge in [0.1, 0.15) is 11.4 Å². The van der Waals surface area contributed by atoms with Crippen molar-refractivity contribution in [1.82, 2.24) is 5.48 Å². The van der Waals surface area contributed by atoms with Crippen LogP contribution in [0, 0.1) is 5.82 Å². The smallest absolute Gasteiger partial charge is 0.420 e. The Hall–Kier alpha value is -3.86. The zero-order chi connectivity index (χ0) is 24.8. The highest BCUT2D eigenvalue weighted by atomic mass is 19.4. The summed E-state index contributed by atoms with van der Waals surface area (Å²) in [6.07, 6.45) is -2.78. The Labute approximate surface area is 185 Å². The lowest BCUT2D eigenvalue weighted by molar-refractivity contribution is -0.124. The highest BCUT2D eigenvalue weighted by Gasteiger charge is 2.39. The monoisotopic (exact) mass is 469 g/mol. The number of halogens is 4. The maximum atomic E-state index is 14.0. The van der Waals surface area contributed by atoms with E-state index in [-0.39, 0.29) is 33.9 Å². The van der Waals surface area contributed by atoms with Crippen LogP contribution >= 0.6 is 0 Å². The summed E-state index contributed by atoms with van der Waals surface area (Å²) < 4.78 is 70.6. The summed E-state index contributed by atoms with van der Waals surface area (Å²) in [5.41, 5.74) is -1.02. The molecule has 0 fully saturated rings. The predicted octanol–water partition coefficient (Wildman–Crippen LogP) is 4.20. The highest BCUT2D eigenvalue weighted by molar-refractivity contribution is 6.12. The molecule has 0 unspecified atom stereocenters. The van der Waals surface area contributed by atoms with E-state index in [0.29, 0.717) is 6.08 Å². The summed E-state index contributed by atoms with van der Waals surface area (Å²) in [6, 6.07) is 5.07. The SMILES string of the molecule is COc1cc(C(=O)/C(=C/c2ccc(F)c(/C=C/C(=O)NO)c2)C(F)(F)F)cc(OC)c1OC. The number of Topliss-reactive ketones (excluding diaryl/α,β-unsaturated/α-hetero) is 1. The molecule has 0 aliphatic heterocycles. The number of hydrogen-bond acceptors (Lipinski definition) is 6. The molecule has 0 aliphatic rings. The fraction of sp³-hybridized carbons (Fsp3) is 0.182. The fourth-order valence-corrected chi connectivity index (χ4v) is 2.79. The topological polar surface area (TPSA) is 94.1 Å². The normalized spacial score (nSPS) is 11.9. The van der Waals surface area contributed by atoms with E-state index in [0.717, 1.165) is 42.5 Å². The van der Waals surface area contributed by atoms with E-state index in [1.54, 1.807) is 0 Å². The van der Waals surface area contributed by atoms with Crippen molar-refractivity contribution in [3.63, 3.8) is 0 Å². The summed E-state index contributed by atoms with van der Waals surface area (Å²) in [5.74, 6) is -3.13. The third-order valence-electron chi connectivity index (χ3n) is 4.33. The van der Waals surface area contributed by atoms with Crippen LogP contribution < -0.4 is 19.7 Å². The molecule has 0 saturated carbocycles. The Bertz CT molecular complexity index is 1080.